The second-order valence-electron chi connectivity index (χ2n) is 14.0. The number of fused-ring (bicyclic) bond motifs is 4. The van der Waals surface area contributed by atoms with Gasteiger partial charge in [-0.05, 0) is 97.7 Å². The first-order chi connectivity index (χ1) is 17.0. The molecule has 7 atom stereocenters. The summed E-state index contributed by atoms with van der Waals surface area (Å²) < 4.78 is 0. The smallest absolute Gasteiger partial charge is 0.108 e. The van der Waals surface area contributed by atoms with Crippen LogP contribution in [0.5, 0.6) is 0 Å². The Morgan fingerprint density at radius 2 is 1.78 bits per heavy atom. The Hall–Kier alpha value is -1.46. The van der Waals surface area contributed by atoms with Crippen molar-refractivity contribution in [2.24, 2.45) is 22.7 Å². The molecule has 3 saturated carbocycles. The largest absolute Gasteiger partial charge is 0.393 e. The van der Waals surface area contributed by atoms with Gasteiger partial charge in [0, 0.05) is 12.3 Å². The van der Waals surface area contributed by atoms with Gasteiger partial charge in [0.05, 0.1) is 18.3 Å². The summed E-state index contributed by atoms with van der Waals surface area (Å²) in [5.74, 6) is 1.17. The maximum atomic E-state index is 12.3. The first-order valence-electron chi connectivity index (χ1n) is 14.2. The van der Waals surface area contributed by atoms with Crippen LogP contribution in [0, 0.1) is 22.7 Å². The molecule has 1 aromatic rings. The highest BCUT2D eigenvalue weighted by atomic mass is 17.2. The second-order valence-corrected chi connectivity index (χ2v) is 14.0. The fourth-order valence-electron chi connectivity index (χ4n) is 9.15. The Kier molecular flexibility index (Phi) is 5.71. The van der Waals surface area contributed by atoms with E-state index >= 15 is 0 Å². The lowest BCUT2D eigenvalue weighted by atomic mass is 9.50. The fourth-order valence-corrected chi connectivity index (χ4v) is 9.15. The lowest BCUT2D eigenvalue weighted by Crippen LogP contribution is -2.56. The molecule has 1 saturated heterocycles. The van der Waals surface area contributed by atoms with E-state index in [-0.39, 0.29) is 22.9 Å². The van der Waals surface area contributed by atoms with Crippen LogP contribution in [0.15, 0.2) is 42.0 Å². The number of allylic oxidation sites excluding steroid dienone is 2. The van der Waals surface area contributed by atoms with E-state index in [1.54, 1.807) is 0 Å². The first kappa shape index (κ1) is 24.9. The van der Waals surface area contributed by atoms with E-state index in [4.69, 9.17) is 9.78 Å². The molecule has 0 radical (unpaired) electrons. The molecular weight excluding hydrogens is 448 g/mol. The zero-order valence-corrected chi connectivity index (χ0v) is 22.6. The molecule has 5 aliphatic rings. The van der Waals surface area contributed by atoms with Gasteiger partial charge in [0.1, 0.15) is 5.60 Å². The third-order valence-corrected chi connectivity index (χ3v) is 10.8. The molecule has 196 valence electrons. The summed E-state index contributed by atoms with van der Waals surface area (Å²) in [6.45, 7) is 13.6. The number of aliphatic hydroxyl groups is 2. The summed E-state index contributed by atoms with van der Waals surface area (Å²) in [6, 6.07) is 8.92. The first-order valence-corrected chi connectivity index (χ1v) is 14.2. The van der Waals surface area contributed by atoms with Crippen LogP contribution in [0.1, 0.15) is 103 Å². The van der Waals surface area contributed by atoms with Crippen molar-refractivity contribution in [3.63, 3.8) is 0 Å². The molecular formula is C32H44O4. The van der Waals surface area contributed by atoms with E-state index in [1.165, 1.54) is 22.3 Å². The van der Waals surface area contributed by atoms with Gasteiger partial charge in [-0.1, -0.05) is 62.8 Å². The standard InChI is InChI=1S/C32H44O4/c1-20(2)21-6-8-22(9-7-21)24-16-30(5)25(10-11-27(30)33)23-12-15-32(34)18-31(14-13-26(32)28(23)24)17-29(3,4)19-35-36-31/h6-9,23-25,27,33-34H,1,10-19H2,2-5H3/t23-,24+,25-,27-,30-,31?,32+/m0/s1. The average molecular weight is 493 g/mol. The van der Waals surface area contributed by atoms with Crippen molar-refractivity contribution < 1.29 is 20.0 Å². The van der Waals surface area contributed by atoms with Crippen LogP contribution in [0.3, 0.4) is 0 Å². The quantitative estimate of drug-likeness (QED) is 0.355. The van der Waals surface area contributed by atoms with Gasteiger partial charge in [-0.2, -0.15) is 0 Å². The summed E-state index contributed by atoms with van der Waals surface area (Å²) in [5.41, 5.74) is 5.09. The van der Waals surface area contributed by atoms with Gasteiger partial charge >= 0.3 is 0 Å². The van der Waals surface area contributed by atoms with Crippen molar-refractivity contribution in [2.75, 3.05) is 6.61 Å². The number of rotatable bonds is 2. The zero-order valence-electron chi connectivity index (χ0n) is 22.6. The van der Waals surface area contributed by atoms with Gasteiger partial charge in [-0.3, -0.25) is 0 Å². The Labute approximate surface area is 216 Å². The van der Waals surface area contributed by atoms with Crippen LogP contribution in [0.25, 0.3) is 5.57 Å². The normalized spacial score (nSPS) is 43.6. The van der Waals surface area contributed by atoms with Crippen molar-refractivity contribution in [3.8, 4) is 0 Å². The summed E-state index contributed by atoms with van der Waals surface area (Å²) >= 11 is 0. The monoisotopic (exact) mass is 492 g/mol. The van der Waals surface area contributed by atoms with Crippen molar-refractivity contribution in [1.82, 2.24) is 0 Å². The van der Waals surface area contributed by atoms with Gasteiger partial charge in [0.2, 0.25) is 0 Å². The SMILES string of the molecule is C=C(C)c1ccc([C@H]2C[C@]3(C)[C@@H](O)CC[C@H]3[C@@H]3CC[C@@]4(O)CC5(CCC4=C32)CC(C)(C)COO5)cc1. The van der Waals surface area contributed by atoms with Crippen LogP contribution in [-0.2, 0) is 9.78 Å². The molecule has 1 spiro atoms. The molecule has 1 unspecified atom stereocenters. The minimum Gasteiger partial charge on any atom is -0.393 e. The molecule has 4 aliphatic carbocycles. The molecule has 1 aliphatic heterocycles. The van der Waals surface area contributed by atoms with Crippen LogP contribution >= 0.6 is 0 Å². The van der Waals surface area contributed by atoms with Crippen molar-refractivity contribution >= 4 is 5.57 Å². The maximum absolute atomic E-state index is 12.3. The molecule has 6 rings (SSSR count). The van der Waals surface area contributed by atoms with E-state index in [9.17, 15) is 10.2 Å². The van der Waals surface area contributed by atoms with Crippen LogP contribution in [0.2, 0.25) is 0 Å². The van der Waals surface area contributed by atoms with E-state index in [0.717, 1.165) is 56.9 Å². The molecule has 4 nitrogen and oxygen atoms in total. The highest BCUT2D eigenvalue weighted by Gasteiger charge is 2.60. The third-order valence-electron chi connectivity index (χ3n) is 10.8. The molecule has 1 heterocycles. The third kappa shape index (κ3) is 3.78. The highest BCUT2D eigenvalue weighted by Crippen LogP contribution is 2.65. The lowest BCUT2D eigenvalue weighted by Gasteiger charge is -2.57. The van der Waals surface area contributed by atoms with Gasteiger partial charge in [0.15, 0.2) is 0 Å². The maximum Gasteiger partial charge on any atom is 0.108 e. The van der Waals surface area contributed by atoms with Gasteiger partial charge in [-0.15, -0.1) is 0 Å². The van der Waals surface area contributed by atoms with Crippen LogP contribution in [0.4, 0.5) is 0 Å². The number of benzene rings is 1. The molecule has 4 heteroatoms. The highest BCUT2D eigenvalue weighted by molar-refractivity contribution is 5.61. The molecule has 36 heavy (non-hydrogen) atoms. The number of hydrogen-bond acceptors (Lipinski definition) is 4. The van der Waals surface area contributed by atoms with Crippen molar-refractivity contribution in [1.29, 1.82) is 0 Å². The van der Waals surface area contributed by atoms with Gasteiger partial charge in [0.25, 0.3) is 0 Å². The molecule has 0 amide bonds. The Morgan fingerprint density at radius 1 is 1.03 bits per heavy atom. The van der Waals surface area contributed by atoms with Crippen LogP contribution in [-0.4, -0.2) is 34.1 Å². The lowest BCUT2D eigenvalue weighted by molar-refractivity contribution is -0.414. The minimum atomic E-state index is -0.832. The molecule has 2 N–H and O–H groups in total. The van der Waals surface area contributed by atoms with E-state index in [0.29, 0.717) is 24.9 Å². The van der Waals surface area contributed by atoms with Gasteiger partial charge < -0.3 is 10.2 Å². The number of aliphatic hydroxyl groups excluding tert-OH is 1. The Bertz CT molecular complexity index is 1090. The predicted molar refractivity (Wildman–Crippen MR) is 142 cm³/mol. The molecule has 0 bridgehead atoms. The van der Waals surface area contributed by atoms with E-state index in [2.05, 4.69) is 51.6 Å². The van der Waals surface area contributed by atoms with Crippen LogP contribution < -0.4 is 0 Å². The second kappa shape index (κ2) is 8.27. The van der Waals surface area contributed by atoms with E-state index in [1.807, 2.05) is 6.92 Å². The topological polar surface area (TPSA) is 58.9 Å². The Balaban J connectivity index is 1.43. The zero-order chi connectivity index (χ0) is 25.5. The van der Waals surface area contributed by atoms with Gasteiger partial charge in [-0.25, -0.2) is 9.78 Å². The van der Waals surface area contributed by atoms with Crippen molar-refractivity contribution in [3.05, 3.63) is 53.1 Å². The molecule has 1 aromatic carbocycles. The Morgan fingerprint density at radius 3 is 2.47 bits per heavy atom. The summed E-state index contributed by atoms with van der Waals surface area (Å²) in [6.07, 6.45) is 7.79. The number of hydrogen-bond donors (Lipinski definition) is 2. The minimum absolute atomic E-state index is 0.0522. The molecule has 0 aromatic heterocycles. The summed E-state index contributed by atoms with van der Waals surface area (Å²) in [7, 11) is 0. The predicted octanol–water partition coefficient (Wildman–Crippen LogP) is 6.72. The summed E-state index contributed by atoms with van der Waals surface area (Å²) in [4.78, 5) is 11.7. The molecule has 4 fully saturated rings. The summed E-state index contributed by atoms with van der Waals surface area (Å²) in [5, 5.41) is 23.4. The van der Waals surface area contributed by atoms with Crippen molar-refractivity contribution in [2.45, 2.75) is 109 Å². The van der Waals surface area contributed by atoms with E-state index < -0.39 is 11.2 Å². The fraction of sp³-hybridized carbons (Fsp3) is 0.688. The average Bonchev–Trinajstić information content (AvgIpc) is 3.11.